The van der Waals surface area contributed by atoms with Gasteiger partial charge in [0.15, 0.2) is 0 Å². The van der Waals surface area contributed by atoms with E-state index in [1.807, 2.05) is 0 Å². The largest absolute Gasteiger partial charge is 0.418 e. The first-order valence-electron chi connectivity index (χ1n) is 10.1. The van der Waals surface area contributed by atoms with Crippen LogP contribution in [0.3, 0.4) is 0 Å². The standard InChI is InChI=1S/C24H19F4N3O3/c1-2-21(32)29-15-7-5-6-14(12-15)22(33)31-20-11-10-16(13-18(20)24(26,27)28)30-23(34)17-8-3-4-9-19(17)25/h3-13H,2H2,1H3,(H,29,32)(H,30,34)(H,31,33). The molecule has 0 aliphatic heterocycles. The maximum Gasteiger partial charge on any atom is 0.418 e. The summed E-state index contributed by atoms with van der Waals surface area (Å²) in [6, 6.07) is 13.6. The van der Waals surface area contributed by atoms with Crippen molar-refractivity contribution in [2.75, 3.05) is 16.0 Å². The molecule has 3 N–H and O–H groups in total. The molecule has 3 amide bonds. The van der Waals surface area contributed by atoms with Gasteiger partial charge in [-0.25, -0.2) is 4.39 Å². The number of anilines is 3. The van der Waals surface area contributed by atoms with E-state index >= 15 is 0 Å². The maximum atomic E-state index is 13.8. The zero-order valence-electron chi connectivity index (χ0n) is 17.8. The van der Waals surface area contributed by atoms with Gasteiger partial charge in [-0.15, -0.1) is 0 Å². The minimum atomic E-state index is -4.86. The van der Waals surface area contributed by atoms with Gasteiger partial charge in [-0.1, -0.05) is 25.1 Å². The predicted molar refractivity (Wildman–Crippen MR) is 119 cm³/mol. The quantitative estimate of drug-likeness (QED) is 0.402. The summed E-state index contributed by atoms with van der Waals surface area (Å²) in [6.07, 6.45) is -4.65. The summed E-state index contributed by atoms with van der Waals surface area (Å²) in [4.78, 5) is 36.4. The van der Waals surface area contributed by atoms with Gasteiger partial charge in [0.05, 0.1) is 16.8 Å². The zero-order valence-corrected chi connectivity index (χ0v) is 17.8. The van der Waals surface area contributed by atoms with Crippen LogP contribution in [-0.2, 0) is 11.0 Å². The van der Waals surface area contributed by atoms with Crippen LogP contribution in [0.4, 0.5) is 34.6 Å². The fourth-order valence-corrected chi connectivity index (χ4v) is 2.99. The molecular formula is C24H19F4N3O3. The fraction of sp³-hybridized carbons (Fsp3) is 0.125. The Labute approximate surface area is 192 Å². The number of amides is 3. The Balaban J connectivity index is 1.84. The Morgan fingerprint density at radius 3 is 2.18 bits per heavy atom. The molecular weight excluding hydrogens is 454 g/mol. The van der Waals surface area contributed by atoms with Crippen molar-refractivity contribution < 1.29 is 31.9 Å². The highest BCUT2D eigenvalue weighted by Gasteiger charge is 2.34. The highest BCUT2D eigenvalue weighted by molar-refractivity contribution is 6.07. The first kappa shape index (κ1) is 24.4. The van der Waals surface area contributed by atoms with E-state index in [2.05, 4.69) is 16.0 Å². The van der Waals surface area contributed by atoms with Crippen LogP contribution in [0.25, 0.3) is 0 Å². The normalized spacial score (nSPS) is 11.0. The Hall–Kier alpha value is -4.21. The number of carbonyl (C=O) groups is 3. The molecule has 6 nitrogen and oxygen atoms in total. The number of alkyl halides is 3. The second-order valence-electron chi connectivity index (χ2n) is 7.13. The molecule has 0 fully saturated rings. The molecule has 0 bridgehead atoms. The van der Waals surface area contributed by atoms with E-state index in [0.717, 1.165) is 18.2 Å². The van der Waals surface area contributed by atoms with E-state index in [1.54, 1.807) is 13.0 Å². The van der Waals surface area contributed by atoms with E-state index in [0.29, 0.717) is 11.8 Å². The third kappa shape index (κ3) is 5.97. The van der Waals surface area contributed by atoms with Crippen molar-refractivity contribution in [1.29, 1.82) is 0 Å². The molecule has 10 heteroatoms. The van der Waals surface area contributed by atoms with Gasteiger partial charge in [0.1, 0.15) is 5.82 Å². The lowest BCUT2D eigenvalue weighted by atomic mass is 10.1. The number of nitrogens with one attached hydrogen (secondary N) is 3. The number of halogens is 4. The maximum absolute atomic E-state index is 13.8. The van der Waals surface area contributed by atoms with E-state index in [-0.39, 0.29) is 29.1 Å². The van der Waals surface area contributed by atoms with Crippen molar-refractivity contribution in [3.63, 3.8) is 0 Å². The number of hydrogen-bond acceptors (Lipinski definition) is 3. The smallest absolute Gasteiger partial charge is 0.326 e. The molecule has 0 aromatic heterocycles. The SMILES string of the molecule is CCC(=O)Nc1cccc(C(=O)Nc2ccc(NC(=O)c3ccccc3F)cc2C(F)(F)F)c1. The van der Waals surface area contributed by atoms with Gasteiger partial charge >= 0.3 is 6.18 Å². The molecule has 0 aliphatic rings. The van der Waals surface area contributed by atoms with Gasteiger partial charge < -0.3 is 16.0 Å². The number of carbonyl (C=O) groups excluding carboxylic acids is 3. The summed E-state index contributed by atoms with van der Waals surface area (Å²) < 4.78 is 54.8. The van der Waals surface area contributed by atoms with Crippen LogP contribution in [-0.4, -0.2) is 17.7 Å². The Morgan fingerprint density at radius 2 is 1.50 bits per heavy atom. The van der Waals surface area contributed by atoms with Crippen LogP contribution in [0.1, 0.15) is 39.6 Å². The van der Waals surface area contributed by atoms with Crippen LogP contribution in [0.5, 0.6) is 0 Å². The molecule has 3 rings (SSSR count). The van der Waals surface area contributed by atoms with Crippen molar-refractivity contribution in [2.45, 2.75) is 19.5 Å². The highest BCUT2D eigenvalue weighted by Crippen LogP contribution is 2.37. The fourth-order valence-electron chi connectivity index (χ4n) is 2.99. The van der Waals surface area contributed by atoms with Gasteiger partial charge in [-0.3, -0.25) is 14.4 Å². The van der Waals surface area contributed by atoms with Crippen LogP contribution >= 0.6 is 0 Å². The highest BCUT2D eigenvalue weighted by atomic mass is 19.4. The van der Waals surface area contributed by atoms with E-state index in [9.17, 15) is 31.9 Å². The molecule has 3 aromatic rings. The molecule has 0 spiro atoms. The van der Waals surface area contributed by atoms with Crippen molar-refractivity contribution in [2.24, 2.45) is 0 Å². The van der Waals surface area contributed by atoms with Gasteiger partial charge in [0, 0.05) is 23.4 Å². The summed E-state index contributed by atoms with van der Waals surface area (Å²) in [5.74, 6) is -2.86. The molecule has 0 saturated carbocycles. The average Bonchev–Trinajstić information content (AvgIpc) is 2.79. The van der Waals surface area contributed by atoms with E-state index in [1.165, 1.54) is 36.4 Å². The number of rotatable bonds is 6. The van der Waals surface area contributed by atoms with Crippen LogP contribution in [0, 0.1) is 5.82 Å². The summed E-state index contributed by atoms with van der Waals surface area (Å²) in [7, 11) is 0. The number of benzene rings is 3. The first-order valence-corrected chi connectivity index (χ1v) is 10.1. The summed E-state index contributed by atoms with van der Waals surface area (Å²) in [5, 5.41) is 6.99. The van der Waals surface area contributed by atoms with Crippen molar-refractivity contribution in [3.8, 4) is 0 Å². The monoisotopic (exact) mass is 473 g/mol. The molecule has 0 aliphatic carbocycles. The van der Waals surface area contributed by atoms with Crippen LogP contribution in [0.15, 0.2) is 66.7 Å². The lowest BCUT2D eigenvalue weighted by Crippen LogP contribution is -2.18. The number of hydrogen-bond donors (Lipinski definition) is 3. The summed E-state index contributed by atoms with van der Waals surface area (Å²) in [6.45, 7) is 1.65. The summed E-state index contributed by atoms with van der Waals surface area (Å²) >= 11 is 0. The topological polar surface area (TPSA) is 87.3 Å². The van der Waals surface area contributed by atoms with Gasteiger partial charge in [-0.05, 0) is 48.5 Å². The molecule has 34 heavy (non-hydrogen) atoms. The van der Waals surface area contributed by atoms with Gasteiger partial charge in [-0.2, -0.15) is 13.2 Å². The zero-order chi connectivity index (χ0) is 24.9. The van der Waals surface area contributed by atoms with Crippen LogP contribution in [0.2, 0.25) is 0 Å². The average molecular weight is 473 g/mol. The minimum Gasteiger partial charge on any atom is -0.326 e. The molecule has 0 saturated heterocycles. The van der Waals surface area contributed by atoms with Crippen LogP contribution < -0.4 is 16.0 Å². The molecule has 0 atom stereocenters. The molecule has 3 aromatic carbocycles. The Kier molecular flexibility index (Phi) is 7.30. The van der Waals surface area contributed by atoms with Crippen molar-refractivity contribution >= 4 is 34.8 Å². The van der Waals surface area contributed by atoms with Gasteiger partial charge in [0.25, 0.3) is 11.8 Å². The van der Waals surface area contributed by atoms with Gasteiger partial charge in [0.2, 0.25) is 5.91 Å². The molecule has 0 unspecified atom stereocenters. The lowest BCUT2D eigenvalue weighted by molar-refractivity contribution is -0.136. The van der Waals surface area contributed by atoms with Crippen molar-refractivity contribution in [3.05, 3.63) is 89.2 Å². The lowest BCUT2D eigenvalue weighted by Gasteiger charge is -2.16. The third-order valence-corrected chi connectivity index (χ3v) is 4.68. The Morgan fingerprint density at radius 1 is 0.794 bits per heavy atom. The minimum absolute atomic E-state index is 0.0268. The second kappa shape index (κ2) is 10.2. The van der Waals surface area contributed by atoms with E-state index in [4.69, 9.17) is 0 Å². The predicted octanol–water partition coefficient (Wildman–Crippen LogP) is 5.70. The molecule has 176 valence electrons. The molecule has 0 heterocycles. The Bertz CT molecular complexity index is 1240. The summed E-state index contributed by atoms with van der Waals surface area (Å²) in [5.41, 5.74) is -1.96. The van der Waals surface area contributed by atoms with E-state index < -0.39 is 35.1 Å². The first-order chi connectivity index (χ1) is 16.1. The van der Waals surface area contributed by atoms with Crippen molar-refractivity contribution in [1.82, 2.24) is 0 Å². The molecule has 0 radical (unpaired) electrons. The third-order valence-electron chi connectivity index (χ3n) is 4.68. The second-order valence-corrected chi connectivity index (χ2v) is 7.13.